The van der Waals surface area contributed by atoms with E-state index < -0.39 is 35.8 Å². The molecule has 2 heterocycles. The van der Waals surface area contributed by atoms with Crippen LogP contribution in [0.5, 0.6) is 0 Å². The first-order valence-electron chi connectivity index (χ1n) is 13.4. The Hall–Kier alpha value is -4.68. The number of carbonyl (C=O) groups excluding carboxylic acids is 4. The highest BCUT2D eigenvalue weighted by molar-refractivity contribution is 8.76. The molecule has 0 fully saturated rings. The van der Waals surface area contributed by atoms with E-state index in [-0.39, 0.29) is 11.5 Å². The van der Waals surface area contributed by atoms with E-state index in [2.05, 4.69) is 20.6 Å². The van der Waals surface area contributed by atoms with Gasteiger partial charge >= 0.3 is 11.9 Å². The first-order valence-corrected chi connectivity index (χ1v) is 15.9. The SMILES string of the molecule is COC(=O)[C@H](CSSC[C@H](NC(=O)c1ccc(-c2ccncc2)cc1)C(=O)OC)NC(=O)c1ccc(-c2ccncc2)cc1. The predicted molar refractivity (Wildman–Crippen MR) is 171 cm³/mol. The molecular weight excluding hydrogens is 601 g/mol. The Labute approximate surface area is 262 Å². The van der Waals surface area contributed by atoms with Gasteiger partial charge < -0.3 is 20.1 Å². The number of ether oxygens (including phenoxy) is 2. The molecule has 10 nitrogen and oxygen atoms in total. The van der Waals surface area contributed by atoms with Crippen molar-refractivity contribution in [3.8, 4) is 22.3 Å². The molecule has 2 amide bonds. The predicted octanol–water partition coefficient (Wildman–Crippen LogP) is 4.44. The molecule has 2 atom stereocenters. The quantitative estimate of drug-likeness (QED) is 0.124. The Morgan fingerprint density at radius 2 is 0.886 bits per heavy atom. The van der Waals surface area contributed by atoms with Crippen LogP contribution in [0.2, 0.25) is 0 Å². The van der Waals surface area contributed by atoms with Gasteiger partial charge in [0.15, 0.2) is 0 Å². The van der Waals surface area contributed by atoms with Gasteiger partial charge in [-0.3, -0.25) is 19.6 Å². The Morgan fingerprint density at radius 1 is 0.568 bits per heavy atom. The molecule has 226 valence electrons. The van der Waals surface area contributed by atoms with Gasteiger partial charge in [0, 0.05) is 47.4 Å². The third kappa shape index (κ3) is 8.91. The number of hydrogen-bond donors (Lipinski definition) is 2. The number of esters is 2. The molecule has 2 aromatic heterocycles. The number of methoxy groups -OCH3 is 2. The van der Waals surface area contributed by atoms with Crippen molar-refractivity contribution in [2.45, 2.75) is 12.1 Å². The van der Waals surface area contributed by atoms with Crippen molar-refractivity contribution in [1.82, 2.24) is 20.6 Å². The van der Waals surface area contributed by atoms with Crippen LogP contribution >= 0.6 is 21.6 Å². The largest absolute Gasteiger partial charge is 0.467 e. The van der Waals surface area contributed by atoms with E-state index in [0.717, 1.165) is 22.3 Å². The van der Waals surface area contributed by atoms with Crippen LogP contribution in [-0.2, 0) is 19.1 Å². The number of aromatic nitrogens is 2. The molecule has 0 saturated heterocycles. The normalized spacial score (nSPS) is 12.0. The second-order valence-corrected chi connectivity index (χ2v) is 11.8. The highest BCUT2D eigenvalue weighted by atomic mass is 33.1. The summed E-state index contributed by atoms with van der Waals surface area (Å²) in [6.45, 7) is 0. The maximum Gasteiger partial charge on any atom is 0.329 e. The minimum atomic E-state index is -0.935. The molecule has 44 heavy (non-hydrogen) atoms. The summed E-state index contributed by atoms with van der Waals surface area (Å²) in [7, 11) is 4.99. The Morgan fingerprint density at radius 3 is 1.20 bits per heavy atom. The van der Waals surface area contributed by atoms with Crippen LogP contribution < -0.4 is 10.6 Å². The van der Waals surface area contributed by atoms with Crippen LogP contribution in [0.1, 0.15) is 20.7 Å². The number of carbonyl (C=O) groups is 4. The van der Waals surface area contributed by atoms with Gasteiger partial charge in [0.1, 0.15) is 12.1 Å². The summed E-state index contributed by atoms with van der Waals surface area (Å²) in [6, 6.07) is 19.6. The van der Waals surface area contributed by atoms with Crippen molar-refractivity contribution in [3.63, 3.8) is 0 Å². The summed E-state index contributed by atoms with van der Waals surface area (Å²) in [6.07, 6.45) is 6.77. The number of nitrogens with zero attached hydrogens (tertiary/aromatic N) is 2. The molecule has 12 heteroatoms. The molecule has 0 bridgehead atoms. The molecular formula is C32H30N4O6S2. The zero-order valence-corrected chi connectivity index (χ0v) is 25.6. The van der Waals surface area contributed by atoms with E-state index >= 15 is 0 Å². The Bertz CT molecular complexity index is 1440. The summed E-state index contributed by atoms with van der Waals surface area (Å²) in [5.41, 5.74) is 4.55. The molecule has 0 aliphatic rings. The van der Waals surface area contributed by atoms with Crippen molar-refractivity contribution in [1.29, 1.82) is 0 Å². The van der Waals surface area contributed by atoms with Crippen molar-refractivity contribution >= 4 is 45.3 Å². The lowest BCUT2D eigenvalue weighted by Gasteiger charge is -2.18. The van der Waals surface area contributed by atoms with E-state index in [4.69, 9.17) is 9.47 Å². The first kappa shape index (κ1) is 32.2. The van der Waals surface area contributed by atoms with Crippen LogP contribution in [0.3, 0.4) is 0 Å². The van der Waals surface area contributed by atoms with Crippen LogP contribution in [0.15, 0.2) is 97.6 Å². The summed E-state index contributed by atoms with van der Waals surface area (Å²) in [5, 5.41) is 5.43. The maximum atomic E-state index is 12.9. The van der Waals surface area contributed by atoms with Gasteiger partial charge in [0.25, 0.3) is 11.8 Å². The topological polar surface area (TPSA) is 137 Å². The zero-order valence-electron chi connectivity index (χ0n) is 24.0. The van der Waals surface area contributed by atoms with Gasteiger partial charge in [-0.05, 0) is 70.8 Å². The van der Waals surface area contributed by atoms with E-state index in [1.165, 1.54) is 35.8 Å². The molecule has 0 saturated carbocycles. The summed E-state index contributed by atoms with van der Waals surface area (Å²) in [5.74, 6) is -1.74. The van der Waals surface area contributed by atoms with Crippen molar-refractivity contribution in [2.75, 3.05) is 25.7 Å². The van der Waals surface area contributed by atoms with Crippen molar-refractivity contribution in [3.05, 3.63) is 109 Å². The van der Waals surface area contributed by atoms with E-state index in [9.17, 15) is 19.2 Å². The fraction of sp³-hybridized carbons (Fsp3) is 0.188. The fourth-order valence-corrected chi connectivity index (χ4v) is 6.35. The van der Waals surface area contributed by atoms with Gasteiger partial charge in [-0.2, -0.15) is 0 Å². The first-order chi connectivity index (χ1) is 21.4. The van der Waals surface area contributed by atoms with E-state index in [1.807, 2.05) is 48.5 Å². The van der Waals surface area contributed by atoms with Crippen LogP contribution in [0, 0.1) is 0 Å². The van der Waals surface area contributed by atoms with Gasteiger partial charge in [-0.1, -0.05) is 45.9 Å². The van der Waals surface area contributed by atoms with Gasteiger partial charge in [0.05, 0.1) is 14.2 Å². The van der Waals surface area contributed by atoms with E-state index in [1.54, 1.807) is 49.1 Å². The number of amides is 2. The van der Waals surface area contributed by atoms with Gasteiger partial charge in [-0.15, -0.1) is 0 Å². The molecule has 2 aromatic carbocycles. The molecule has 0 spiro atoms. The molecule has 0 aliphatic carbocycles. The highest BCUT2D eigenvalue weighted by Gasteiger charge is 2.25. The second-order valence-electron chi connectivity index (χ2n) is 9.29. The molecule has 0 aliphatic heterocycles. The minimum Gasteiger partial charge on any atom is -0.467 e. The lowest BCUT2D eigenvalue weighted by Crippen LogP contribution is -2.44. The van der Waals surface area contributed by atoms with Crippen molar-refractivity contribution in [2.24, 2.45) is 0 Å². The van der Waals surface area contributed by atoms with Crippen LogP contribution in [-0.4, -0.2) is 71.5 Å². The average Bonchev–Trinajstić information content (AvgIpc) is 3.09. The zero-order chi connectivity index (χ0) is 31.3. The molecule has 4 rings (SSSR count). The molecule has 4 aromatic rings. The third-order valence-electron chi connectivity index (χ3n) is 6.46. The molecule has 0 unspecified atom stereocenters. The van der Waals surface area contributed by atoms with Crippen LogP contribution in [0.25, 0.3) is 22.3 Å². The minimum absolute atomic E-state index is 0.163. The monoisotopic (exact) mass is 630 g/mol. The maximum absolute atomic E-state index is 12.9. The summed E-state index contributed by atoms with van der Waals surface area (Å²) < 4.78 is 9.76. The Kier molecular flexibility index (Phi) is 11.9. The van der Waals surface area contributed by atoms with Gasteiger partial charge in [0.2, 0.25) is 0 Å². The lowest BCUT2D eigenvalue weighted by atomic mass is 10.0. The third-order valence-corrected chi connectivity index (χ3v) is 8.88. The number of rotatable bonds is 13. The number of hydrogen-bond acceptors (Lipinski definition) is 10. The number of benzene rings is 2. The second kappa shape index (κ2) is 16.2. The van der Waals surface area contributed by atoms with Gasteiger partial charge in [-0.25, -0.2) is 9.59 Å². The standard InChI is InChI=1S/C32H30N4O6S2/c1-41-31(39)27(35-29(37)25-7-3-21(4-8-25)23-11-15-33-16-12-23)19-43-44-20-28(32(40)42-2)36-30(38)26-9-5-22(6-10-26)24-13-17-34-18-14-24/h3-18,27-28H,19-20H2,1-2H3,(H,35,37)(H,36,38)/t27-,28-/m0/s1. The Balaban J connectivity index is 1.30. The smallest absolute Gasteiger partial charge is 0.329 e. The van der Waals surface area contributed by atoms with Crippen LogP contribution in [0.4, 0.5) is 0 Å². The average molecular weight is 631 g/mol. The number of pyridine rings is 2. The van der Waals surface area contributed by atoms with Crippen molar-refractivity contribution < 1.29 is 28.7 Å². The molecule has 0 radical (unpaired) electrons. The summed E-state index contributed by atoms with van der Waals surface area (Å²) in [4.78, 5) is 58.6. The fourth-order valence-electron chi connectivity index (χ4n) is 4.05. The highest BCUT2D eigenvalue weighted by Crippen LogP contribution is 2.25. The number of nitrogens with one attached hydrogen (secondary N) is 2. The molecule has 2 N–H and O–H groups in total. The summed E-state index contributed by atoms with van der Waals surface area (Å²) >= 11 is 0. The van der Waals surface area contributed by atoms with E-state index in [0.29, 0.717) is 11.1 Å². The lowest BCUT2D eigenvalue weighted by molar-refractivity contribution is -0.143.